The zero-order valence-corrected chi connectivity index (χ0v) is 12.4. The molecule has 0 saturated heterocycles. The smallest absolute Gasteiger partial charge is 0.268 e. The van der Waals surface area contributed by atoms with E-state index in [0.717, 1.165) is 31.4 Å². The lowest BCUT2D eigenvalue weighted by Crippen LogP contribution is -2.40. The van der Waals surface area contributed by atoms with Crippen molar-refractivity contribution in [1.29, 1.82) is 0 Å². The minimum absolute atomic E-state index is 0.0416. The number of rotatable bonds is 3. The molecule has 2 unspecified atom stereocenters. The monoisotopic (exact) mass is 275 g/mol. The Bertz CT molecular complexity index is 494. The maximum atomic E-state index is 12.5. The van der Waals surface area contributed by atoms with Crippen LogP contribution in [0.3, 0.4) is 0 Å². The Balaban J connectivity index is 1.70. The van der Waals surface area contributed by atoms with Crippen LogP contribution in [-0.4, -0.2) is 16.5 Å². The van der Waals surface area contributed by atoms with Crippen molar-refractivity contribution in [2.45, 2.75) is 58.0 Å². The van der Waals surface area contributed by atoms with Crippen molar-refractivity contribution in [1.82, 2.24) is 9.88 Å². The Hall–Kier alpha value is -1.45. The molecule has 1 heterocycles. The number of hydrogen-bond donors (Lipinski definition) is 2. The van der Waals surface area contributed by atoms with E-state index < -0.39 is 0 Å². The van der Waals surface area contributed by atoms with Crippen LogP contribution in [0.2, 0.25) is 0 Å². The third kappa shape index (κ3) is 2.84. The summed E-state index contributed by atoms with van der Waals surface area (Å²) in [5.74, 6) is 1.44. The van der Waals surface area contributed by atoms with Crippen LogP contribution < -0.4 is 11.1 Å². The number of nitrogens with zero attached hydrogens (tertiary/aromatic N) is 1. The lowest BCUT2D eigenvalue weighted by Gasteiger charge is -2.32. The standard InChI is InChI=1S/C16H25N3O/c1-10-5-11(2)7-13(6-10)18-16(20)15-8-12(17)9-19(15)14-3-4-14/h8-11,13-14H,3-7,17H2,1-2H3,(H,18,20). The van der Waals surface area contributed by atoms with E-state index in [1.165, 1.54) is 6.42 Å². The molecule has 4 nitrogen and oxygen atoms in total. The van der Waals surface area contributed by atoms with Crippen molar-refractivity contribution in [3.8, 4) is 0 Å². The Morgan fingerprint density at radius 1 is 1.25 bits per heavy atom. The van der Waals surface area contributed by atoms with E-state index in [0.29, 0.717) is 29.6 Å². The molecule has 1 aromatic heterocycles. The fourth-order valence-electron chi connectivity index (χ4n) is 3.66. The van der Waals surface area contributed by atoms with Crippen LogP contribution in [0.5, 0.6) is 0 Å². The molecule has 2 fully saturated rings. The highest BCUT2D eigenvalue weighted by Gasteiger charge is 2.30. The molecule has 1 aromatic rings. The van der Waals surface area contributed by atoms with Crippen molar-refractivity contribution in [2.75, 3.05) is 5.73 Å². The summed E-state index contributed by atoms with van der Waals surface area (Å²) in [5, 5.41) is 3.22. The Kier molecular flexibility index (Phi) is 3.48. The maximum absolute atomic E-state index is 12.5. The molecule has 2 aliphatic rings. The highest BCUT2D eigenvalue weighted by molar-refractivity contribution is 5.94. The molecule has 0 radical (unpaired) electrons. The van der Waals surface area contributed by atoms with Crippen molar-refractivity contribution in [3.63, 3.8) is 0 Å². The predicted octanol–water partition coefficient (Wildman–Crippen LogP) is 2.96. The first-order chi connectivity index (χ1) is 9.52. The summed E-state index contributed by atoms with van der Waals surface area (Å²) >= 11 is 0. The van der Waals surface area contributed by atoms with Crippen LogP contribution in [0.1, 0.15) is 62.5 Å². The van der Waals surface area contributed by atoms with Crippen molar-refractivity contribution in [2.24, 2.45) is 11.8 Å². The molecular weight excluding hydrogens is 250 g/mol. The van der Waals surface area contributed by atoms with Crippen LogP contribution in [0.15, 0.2) is 12.3 Å². The van der Waals surface area contributed by atoms with E-state index in [1.54, 1.807) is 0 Å². The predicted molar refractivity (Wildman–Crippen MR) is 80.5 cm³/mol. The van der Waals surface area contributed by atoms with Gasteiger partial charge in [0, 0.05) is 18.3 Å². The normalized spacial score (nSPS) is 30.2. The Labute approximate surface area is 120 Å². The average Bonchev–Trinajstić information content (AvgIpc) is 3.11. The molecule has 2 aliphatic carbocycles. The third-order valence-corrected chi connectivity index (χ3v) is 4.56. The second-order valence-corrected chi connectivity index (χ2v) is 6.88. The van der Waals surface area contributed by atoms with Gasteiger partial charge in [-0.1, -0.05) is 13.8 Å². The zero-order chi connectivity index (χ0) is 14.3. The summed E-state index contributed by atoms with van der Waals surface area (Å²) in [4.78, 5) is 12.5. The molecule has 2 atom stereocenters. The molecule has 0 aliphatic heterocycles. The molecule has 3 N–H and O–H groups in total. The molecule has 0 spiro atoms. The fraction of sp³-hybridized carbons (Fsp3) is 0.688. The summed E-state index contributed by atoms with van der Waals surface area (Å²) in [6.07, 6.45) is 7.68. The van der Waals surface area contributed by atoms with Gasteiger partial charge >= 0.3 is 0 Å². The first kappa shape index (κ1) is 13.5. The van der Waals surface area contributed by atoms with Gasteiger partial charge in [0.25, 0.3) is 5.91 Å². The van der Waals surface area contributed by atoms with Gasteiger partial charge in [-0.25, -0.2) is 0 Å². The first-order valence-corrected chi connectivity index (χ1v) is 7.81. The minimum Gasteiger partial charge on any atom is -0.397 e. The van der Waals surface area contributed by atoms with Crippen LogP contribution in [0.25, 0.3) is 0 Å². The largest absolute Gasteiger partial charge is 0.397 e. The zero-order valence-electron chi connectivity index (χ0n) is 12.4. The maximum Gasteiger partial charge on any atom is 0.268 e. The SMILES string of the molecule is CC1CC(C)CC(NC(=O)c2cc(N)cn2C2CC2)C1. The van der Waals surface area contributed by atoms with E-state index in [4.69, 9.17) is 5.73 Å². The third-order valence-electron chi connectivity index (χ3n) is 4.56. The van der Waals surface area contributed by atoms with E-state index in [1.807, 2.05) is 12.3 Å². The average molecular weight is 275 g/mol. The van der Waals surface area contributed by atoms with Crippen molar-refractivity contribution < 1.29 is 4.79 Å². The van der Waals surface area contributed by atoms with Crippen molar-refractivity contribution in [3.05, 3.63) is 18.0 Å². The van der Waals surface area contributed by atoms with Gasteiger partial charge in [-0.3, -0.25) is 4.79 Å². The summed E-state index contributed by atoms with van der Waals surface area (Å²) in [7, 11) is 0. The summed E-state index contributed by atoms with van der Waals surface area (Å²) in [6, 6.07) is 2.60. The van der Waals surface area contributed by atoms with Crippen molar-refractivity contribution >= 4 is 11.6 Å². The van der Waals surface area contributed by atoms with E-state index in [2.05, 4.69) is 23.7 Å². The number of nitrogen functional groups attached to an aromatic ring is 1. The molecule has 1 amide bonds. The molecule has 2 saturated carbocycles. The van der Waals surface area contributed by atoms with Crippen LogP contribution in [-0.2, 0) is 0 Å². The number of carbonyl (C=O) groups is 1. The van der Waals surface area contributed by atoms with E-state index in [-0.39, 0.29) is 5.91 Å². The summed E-state index contributed by atoms with van der Waals surface area (Å²) in [6.45, 7) is 4.55. The second kappa shape index (κ2) is 5.15. The van der Waals surface area contributed by atoms with Gasteiger partial charge < -0.3 is 15.6 Å². The molecule has 110 valence electrons. The van der Waals surface area contributed by atoms with Crippen LogP contribution in [0.4, 0.5) is 5.69 Å². The molecule has 4 heteroatoms. The van der Waals surface area contributed by atoms with Gasteiger partial charge in [-0.2, -0.15) is 0 Å². The van der Waals surface area contributed by atoms with Gasteiger partial charge in [0.15, 0.2) is 0 Å². The molecule has 20 heavy (non-hydrogen) atoms. The number of hydrogen-bond acceptors (Lipinski definition) is 2. The van der Waals surface area contributed by atoms with Crippen LogP contribution in [0, 0.1) is 11.8 Å². The number of amides is 1. The van der Waals surface area contributed by atoms with Gasteiger partial charge in [-0.05, 0) is 50.0 Å². The highest BCUT2D eigenvalue weighted by Crippen LogP contribution is 2.37. The summed E-state index contributed by atoms with van der Waals surface area (Å²) in [5.41, 5.74) is 7.28. The first-order valence-electron chi connectivity index (χ1n) is 7.81. The number of nitrogens with two attached hydrogens (primary N) is 1. The Morgan fingerprint density at radius 2 is 1.90 bits per heavy atom. The van der Waals surface area contributed by atoms with E-state index in [9.17, 15) is 4.79 Å². The molecule has 3 rings (SSSR count). The van der Waals surface area contributed by atoms with Gasteiger partial charge in [0.05, 0.1) is 5.69 Å². The van der Waals surface area contributed by atoms with E-state index >= 15 is 0 Å². The minimum atomic E-state index is 0.0416. The fourth-order valence-corrected chi connectivity index (χ4v) is 3.66. The Morgan fingerprint density at radius 3 is 2.50 bits per heavy atom. The van der Waals surface area contributed by atoms with Crippen LogP contribution >= 0.6 is 0 Å². The lowest BCUT2D eigenvalue weighted by molar-refractivity contribution is 0.0901. The number of carbonyl (C=O) groups excluding carboxylic acids is 1. The number of nitrogens with one attached hydrogen (secondary N) is 1. The van der Waals surface area contributed by atoms with Gasteiger partial charge in [0.1, 0.15) is 5.69 Å². The number of aromatic nitrogens is 1. The molecule has 0 aromatic carbocycles. The quantitative estimate of drug-likeness (QED) is 0.891. The molecule has 0 bridgehead atoms. The molecular formula is C16H25N3O. The summed E-state index contributed by atoms with van der Waals surface area (Å²) < 4.78 is 2.06. The second-order valence-electron chi connectivity index (χ2n) is 6.88. The van der Waals surface area contributed by atoms with Gasteiger partial charge in [-0.15, -0.1) is 0 Å². The highest BCUT2D eigenvalue weighted by atomic mass is 16.2. The van der Waals surface area contributed by atoms with Gasteiger partial charge in [0.2, 0.25) is 0 Å². The number of anilines is 1. The topological polar surface area (TPSA) is 60.1 Å². The lowest BCUT2D eigenvalue weighted by atomic mass is 9.80.